The van der Waals surface area contributed by atoms with Crippen molar-refractivity contribution >= 4 is 5.69 Å². The summed E-state index contributed by atoms with van der Waals surface area (Å²) in [6, 6.07) is 7.63. The largest absolute Gasteiger partial charge is 0.398 e. The molecule has 0 spiro atoms. The van der Waals surface area contributed by atoms with Gasteiger partial charge in [0.15, 0.2) is 0 Å². The molecule has 0 aliphatic heterocycles. The predicted molar refractivity (Wildman–Crippen MR) is 68.9 cm³/mol. The van der Waals surface area contributed by atoms with Gasteiger partial charge in [-0.2, -0.15) is 0 Å². The van der Waals surface area contributed by atoms with Crippen molar-refractivity contribution in [3.05, 3.63) is 51.9 Å². The number of aromatic amines is 1. The van der Waals surface area contributed by atoms with Crippen LogP contribution in [0.5, 0.6) is 0 Å². The number of hydrogen-bond donors (Lipinski definition) is 2. The molecule has 2 aromatic rings. The van der Waals surface area contributed by atoms with Crippen molar-refractivity contribution in [2.45, 2.75) is 19.3 Å². The van der Waals surface area contributed by atoms with Crippen molar-refractivity contribution in [1.82, 2.24) is 4.98 Å². The summed E-state index contributed by atoms with van der Waals surface area (Å²) < 4.78 is 0. The molecule has 1 aromatic carbocycles. The molecule has 1 aliphatic rings. The lowest BCUT2D eigenvalue weighted by atomic mass is 9.98. The maximum Gasteiger partial charge on any atom is 0.248 e. The van der Waals surface area contributed by atoms with Gasteiger partial charge in [0.1, 0.15) is 0 Å². The second-order valence-corrected chi connectivity index (χ2v) is 4.46. The molecule has 3 heteroatoms. The molecule has 1 aliphatic carbocycles. The van der Waals surface area contributed by atoms with Crippen LogP contribution in [0.2, 0.25) is 0 Å². The molecular formula is C14H14N2O. The van der Waals surface area contributed by atoms with Crippen LogP contribution >= 0.6 is 0 Å². The Labute approximate surface area is 99.3 Å². The third kappa shape index (κ3) is 1.64. The van der Waals surface area contributed by atoms with Gasteiger partial charge in [0.05, 0.1) is 0 Å². The van der Waals surface area contributed by atoms with E-state index in [2.05, 4.69) is 11.1 Å². The lowest BCUT2D eigenvalue weighted by molar-refractivity contribution is 0.912. The number of nitrogens with one attached hydrogen (secondary N) is 1. The second kappa shape index (κ2) is 3.77. The van der Waals surface area contributed by atoms with Crippen molar-refractivity contribution in [3.8, 4) is 11.1 Å². The van der Waals surface area contributed by atoms with E-state index in [4.69, 9.17) is 5.73 Å². The standard InChI is InChI=1S/C14H14N2O/c15-14-11-3-1-2-9(11)4-5-12(14)10-6-7-16-13(17)8-10/h4-8H,1-3,15H2,(H,16,17). The Balaban J connectivity index is 2.19. The Morgan fingerprint density at radius 2 is 2.06 bits per heavy atom. The van der Waals surface area contributed by atoms with E-state index in [1.165, 1.54) is 17.5 Å². The molecule has 3 rings (SSSR count). The minimum absolute atomic E-state index is 0.0950. The first-order chi connectivity index (χ1) is 8.25. The molecule has 3 nitrogen and oxygen atoms in total. The summed E-state index contributed by atoms with van der Waals surface area (Å²) in [5.74, 6) is 0. The fourth-order valence-corrected chi connectivity index (χ4v) is 2.56. The van der Waals surface area contributed by atoms with Crippen LogP contribution in [-0.2, 0) is 12.8 Å². The van der Waals surface area contributed by atoms with Gasteiger partial charge in [0, 0.05) is 23.5 Å². The molecule has 17 heavy (non-hydrogen) atoms. The summed E-state index contributed by atoms with van der Waals surface area (Å²) in [7, 11) is 0. The van der Waals surface area contributed by atoms with Gasteiger partial charge in [0.2, 0.25) is 5.56 Å². The Kier molecular flexibility index (Phi) is 2.25. The van der Waals surface area contributed by atoms with Crippen LogP contribution in [-0.4, -0.2) is 4.98 Å². The average molecular weight is 226 g/mol. The predicted octanol–water partition coefficient (Wildman–Crippen LogP) is 2.11. The maximum atomic E-state index is 11.3. The van der Waals surface area contributed by atoms with Crippen molar-refractivity contribution in [2.24, 2.45) is 0 Å². The molecular weight excluding hydrogens is 212 g/mol. The van der Waals surface area contributed by atoms with Crippen molar-refractivity contribution < 1.29 is 0 Å². The van der Waals surface area contributed by atoms with E-state index in [-0.39, 0.29) is 5.56 Å². The van der Waals surface area contributed by atoms with E-state index in [1.807, 2.05) is 12.1 Å². The van der Waals surface area contributed by atoms with Gasteiger partial charge in [0.25, 0.3) is 0 Å². The first kappa shape index (κ1) is 10.1. The first-order valence-electron chi connectivity index (χ1n) is 5.85. The van der Waals surface area contributed by atoms with Crippen LogP contribution in [0.15, 0.2) is 35.3 Å². The van der Waals surface area contributed by atoms with Crippen molar-refractivity contribution in [2.75, 3.05) is 5.73 Å². The van der Waals surface area contributed by atoms with Gasteiger partial charge in [-0.1, -0.05) is 12.1 Å². The number of benzene rings is 1. The second-order valence-electron chi connectivity index (χ2n) is 4.46. The normalized spacial score (nSPS) is 13.6. The zero-order valence-corrected chi connectivity index (χ0v) is 9.49. The number of nitrogens with two attached hydrogens (primary N) is 1. The van der Waals surface area contributed by atoms with Gasteiger partial charge in [-0.25, -0.2) is 0 Å². The highest BCUT2D eigenvalue weighted by atomic mass is 16.1. The Bertz CT molecular complexity index is 628. The van der Waals surface area contributed by atoms with E-state index in [1.54, 1.807) is 12.3 Å². The molecule has 0 amide bonds. The van der Waals surface area contributed by atoms with Crippen molar-refractivity contribution in [1.29, 1.82) is 0 Å². The van der Waals surface area contributed by atoms with Crippen LogP contribution in [0, 0.1) is 0 Å². The molecule has 1 heterocycles. The van der Waals surface area contributed by atoms with Gasteiger partial charge < -0.3 is 10.7 Å². The number of fused-ring (bicyclic) bond motifs is 1. The summed E-state index contributed by atoms with van der Waals surface area (Å²) in [5.41, 5.74) is 11.4. The van der Waals surface area contributed by atoms with E-state index in [0.717, 1.165) is 29.7 Å². The summed E-state index contributed by atoms with van der Waals surface area (Å²) in [6.07, 6.45) is 5.01. The molecule has 86 valence electrons. The molecule has 0 fully saturated rings. The minimum atomic E-state index is -0.0950. The van der Waals surface area contributed by atoms with Crippen LogP contribution in [0.1, 0.15) is 17.5 Å². The third-order valence-corrected chi connectivity index (χ3v) is 3.41. The minimum Gasteiger partial charge on any atom is -0.398 e. The maximum absolute atomic E-state index is 11.3. The molecule has 0 atom stereocenters. The van der Waals surface area contributed by atoms with Crippen LogP contribution < -0.4 is 11.3 Å². The Morgan fingerprint density at radius 3 is 2.88 bits per heavy atom. The number of aryl methyl sites for hydroxylation is 1. The number of rotatable bonds is 1. The average Bonchev–Trinajstić information content (AvgIpc) is 2.78. The topological polar surface area (TPSA) is 58.9 Å². The molecule has 0 unspecified atom stereocenters. The zero-order chi connectivity index (χ0) is 11.8. The number of pyridine rings is 1. The molecule has 0 saturated carbocycles. The number of anilines is 1. The van der Waals surface area contributed by atoms with Crippen LogP contribution in [0.3, 0.4) is 0 Å². The quantitative estimate of drug-likeness (QED) is 0.732. The molecule has 0 saturated heterocycles. The molecule has 1 aromatic heterocycles. The third-order valence-electron chi connectivity index (χ3n) is 3.41. The van der Waals surface area contributed by atoms with Crippen LogP contribution in [0.4, 0.5) is 5.69 Å². The fourth-order valence-electron chi connectivity index (χ4n) is 2.56. The van der Waals surface area contributed by atoms with E-state index < -0.39 is 0 Å². The smallest absolute Gasteiger partial charge is 0.248 e. The monoisotopic (exact) mass is 226 g/mol. The summed E-state index contributed by atoms with van der Waals surface area (Å²) in [4.78, 5) is 13.9. The Morgan fingerprint density at radius 1 is 1.18 bits per heavy atom. The molecule has 0 bridgehead atoms. The SMILES string of the molecule is Nc1c(-c2cc[nH]c(=O)c2)ccc2c1CCC2. The number of H-pyrrole nitrogens is 1. The number of hydrogen-bond acceptors (Lipinski definition) is 2. The van der Waals surface area contributed by atoms with Gasteiger partial charge >= 0.3 is 0 Å². The fraction of sp³-hybridized carbons (Fsp3) is 0.214. The molecule has 0 radical (unpaired) electrons. The van der Waals surface area contributed by atoms with E-state index >= 15 is 0 Å². The number of nitrogen functional groups attached to an aromatic ring is 1. The van der Waals surface area contributed by atoms with Gasteiger partial charge in [-0.3, -0.25) is 4.79 Å². The van der Waals surface area contributed by atoms with E-state index in [0.29, 0.717) is 0 Å². The first-order valence-corrected chi connectivity index (χ1v) is 5.85. The summed E-state index contributed by atoms with van der Waals surface area (Å²) >= 11 is 0. The van der Waals surface area contributed by atoms with Crippen LogP contribution in [0.25, 0.3) is 11.1 Å². The van der Waals surface area contributed by atoms with Crippen molar-refractivity contribution in [3.63, 3.8) is 0 Å². The highest BCUT2D eigenvalue weighted by Crippen LogP contribution is 2.34. The molecule has 3 N–H and O–H groups in total. The highest BCUT2D eigenvalue weighted by Gasteiger charge is 2.16. The zero-order valence-electron chi connectivity index (χ0n) is 9.49. The lowest BCUT2D eigenvalue weighted by Gasteiger charge is -2.10. The highest BCUT2D eigenvalue weighted by molar-refractivity contribution is 5.79. The Hall–Kier alpha value is -2.03. The van der Waals surface area contributed by atoms with E-state index in [9.17, 15) is 4.79 Å². The van der Waals surface area contributed by atoms with Gasteiger partial charge in [-0.15, -0.1) is 0 Å². The summed E-state index contributed by atoms with van der Waals surface area (Å²) in [6.45, 7) is 0. The number of aromatic nitrogens is 1. The summed E-state index contributed by atoms with van der Waals surface area (Å²) in [5, 5.41) is 0. The van der Waals surface area contributed by atoms with Gasteiger partial charge in [-0.05, 0) is 42.0 Å². The lowest BCUT2D eigenvalue weighted by Crippen LogP contribution is -2.04.